The summed E-state index contributed by atoms with van der Waals surface area (Å²) in [6, 6.07) is 3.33. The van der Waals surface area contributed by atoms with Gasteiger partial charge in [-0.1, -0.05) is 11.3 Å². The van der Waals surface area contributed by atoms with Crippen molar-refractivity contribution in [1.82, 2.24) is 9.97 Å². The summed E-state index contributed by atoms with van der Waals surface area (Å²) in [4.78, 5) is 35.3. The van der Waals surface area contributed by atoms with Crippen LogP contribution in [0.15, 0.2) is 24.4 Å². The normalized spacial score (nSPS) is 16.6. The maximum Gasteiger partial charge on any atom is 0.257 e. The first-order valence-corrected chi connectivity index (χ1v) is 11.3. The van der Waals surface area contributed by atoms with Crippen LogP contribution in [0.2, 0.25) is 0 Å². The molecule has 1 amide bonds. The molecule has 164 valence electrons. The van der Waals surface area contributed by atoms with Gasteiger partial charge in [-0.2, -0.15) is 0 Å². The zero-order chi connectivity index (χ0) is 21.6. The Bertz CT molecular complexity index is 981. The van der Waals surface area contributed by atoms with E-state index in [2.05, 4.69) is 15.3 Å². The Morgan fingerprint density at radius 2 is 2.13 bits per heavy atom. The fourth-order valence-electron chi connectivity index (χ4n) is 3.51. The third-order valence-electron chi connectivity index (χ3n) is 5.13. The molecule has 0 spiro atoms. The number of carbonyl (C=O) groups excluding carboxylic acids is 2. The van der Waals surface area contributed by atoms with Crippen molar-refractivity contribution in [3.63, 3.8) is 0 Å². The Labute approximate surface area is 184 Å². The number of amides is 1. The van der Waals surface area contributed by atoms with Crippen molar-refractivity contribution >= 4 is 33.9 Å². The third kappa shape index (κ3) is 5.17. The number of Topliss-reactive ketones (excluding diaryl/α,β-unsaturated/α-hetero) is 1. The van der Waals surface area contributed by atoms with Gasteiger partial charge in [0.25, 0.3) is 5.91 Å². The Morgan fingerprint density at radius 1 is 1.29 bits per heavy atom. The molecule has 0 bridgehead atoms. The second kappa shape index (κ2) is 10.1. The fraction of sp³-hybridized carbons (Fsp3) is 0.455. The largest absolute Gasteiger partial charge is 0.491 e. The van der Waals surface area contributed by atoms with Crippen LogP contribution >= 0.6 is 11.3 Å². The first kappa shape index (κ1) is 21.6. The molecular weight excluding hydrogens is 418 g/mol. The number of anilines is 1. The lowest BCUT2D eigenvalue weighted by Gasteiger charge is -2.20. The van der Waals surface area contributed by atoms with E-state index in [1.54, 1.807) is 18.3 Å². The predicted molar refractivity (Wildman–Crippen MR) is 116 cm³/mol. The predicted octanol–water partition coefficient (Wildman–Crippen LogP) is 3.70. The fourth-order valence-corrected chi connectivity index (χ4v) is 4.49. The number of pyridine rings is 1. The van der Waals surface area contributed by atoms with Gasteiger partial charge in [-0.05, 0) is 38.0 Å². The molecule has 1 fully saturated rings. The van der Waals surface area contributed by atoms with E-state index in [-0.39, 0.29) is 17.6 Å². The molecule has 0 atom stereocenters. The summed E-state index contributed by atoms with van der Waals surface area (Å²) in [7, 11) is 0. The second-order valence-corrected chi connectivity index (χ2v) is 8.28. The second-order valence-electron chi connectivity index (χ2n) is 7.28. The van der Waals surface area contributed by atoms with Crippen LogP contribution in [0, 0.1) is 5.92 Å². The van der Waals surface area contributed by atoms with Crippen molar-refractivity contribution in [1.29, 1.82) is 0 Å². The summed E-state index contributed by atoms with van der Waals surface area (Å²) < 4.78 is 16.4. The average Bonchev–Trinajstić information content (AvgIpc) is 3.48. The maximum absolute atomic E-state index is 13.2. The number of hydrogen-bond acceptors (Lipinski definition) is 8. The van der Waals surface area contributed by atoms with Crippen LogP contribution in [-0.2, 0) is 20.8 Å². The molecule has 2 aromatic heterocycles. The zero-order valence-corrected chi connectivity index (χ0v) is 18.2. The molecule has 2 aliphatic rings. The van der Waals surface area contributed by atoms with E-state index in [0.29, 0.717) is 78.6 Å². The number of carbonyl (C=O) groups is 2. The molecule has 31 heavy (non-hydrogen) atoms. The Morgan fingerprint density at radius 3 is 2.87 bits per heavy atom. The van der Waals surface area contributed by atoms with E-state index >= 15 is 0 Å². The number of rotatable bonds is 8. The SMILES string of the molecule is CCOCc1cc(C(=O)Nc2nc(C3=CCCO3)c(C(=O)C3CCOCC3)s2)ccn1. The van der Waals surface area contributed by atoms with Crippen LogP contribution in [-0.4, -0.2) is 48.1 Å². The molecule has 2 aliphatic heterocycles. The maximum atomic E-state index is 13.2. The van der Waals surface area contributed by atoms with Crippen LogP contribution in [0.3, 0.4) is 0 Å². The van der Waals surface area contributed by atoms with E-state index < -0.39 is 0 Å². The average molecular weight is 444 g/mol. The Hall–Kier alpha value is -2.62. The summed E-state index contributed by atoms with van der Waals surface area (Å²) in [6.07, 6.45) is 5.67. The highest BCUT2D eigenvalue weighted by Crippen LogP contribution is 2.34. The van der Waals surface area contributed by atoms with Crippen molar-refractivity contribution in [3.8, 4) is 0 Å². The molecule has 4 rings (SSSR count). The quantitative estimate of drug-likeness (QED) is 0.621. The van der Waals surface area contributed by atoms with E-state index in [1.807, 2.05) is 13.0 Å². The smallest absolute Gasteiger partial charge is 0.257 e. The number of thiazole rings is 1. The highest BCUT2D eigenvalue weighted by atomic mass is 32.1. The van der Waals surface area contributed by atoms with Crippen LogP contribution in [0.4, 0.5) is 5.13 Å². The van der Waals surface area contributed by atoms with E-state index in [9.17, 15) is 9.59 Å². The first-order chi connectivity index (χ1) is 15.2. The molecule has 2 aromatic rings. The number of hydrogen-bond donors (Lipinski definition) is 1. The third-order valence-corrected chi connectivity index (χ3v) is 6.12. The molecule has 4 heterocycles. The highest BCUT2D eigenvalue weighted by molar-refractivity contribution is 7.18. The van der Waals surface area contributed by atoms with Gasteiger partial charge in [-0.25, -0.2) is 4.98 Å². The standard InChI is InChI=1S/C22H25N3O5S/c1-2-28-13-16-12-15(5-8-23-16)21(27)25-22-24-18(17-4-3-9-30-17)20(31-22)19(26)14-6-10-29-11-7-14/h4-5,8,12,14H,2-3,6-7,9-11,13H2,1H3,(H,24,25,27). The van der Waals surface area contributed by atoms with Crippen LogP contribution in [0.5, 0.6) is 0 Å². The summed E-state index contributed by atoms with van der Waals surface area (Å²) in [5, 5.41) is 3.19. The Kier molecular flexibility index (Phi) is 7.06. The van der Waals surface area contributed by atoms with Gasteiger partial charge in [-0.3, -0.25) is 19.9 Å². The monoisotopic (exact) mass is 443 g/mol. The molecule has 0 unspecified atom stereocenters. The molecule has 8 nitrogen and oxygen atoms in total. The molecular formula is C22H25N3O5S. The van der Waals surface area contributed by atoms with Gasteiger partial charge in [0.1, 0.15) is 16.3 Å². The van der Waals surface area contributed by atoms with E-state index in [0.717, 1.165) is 6.42 Å². The topological polar surface area (TPSA) is 99.6 Å². The molecule has 9 heteroatoms. The van der Waals surface area contributed by atoms with Crippen molar-refractivity contribution in [3.05, 3.63) is 46.2 Å². The molecule has 0 saturated carbocycles. The summed E-state index contributed by atoms with van der Waals surface area (Å²) in [5.74, 6) is 0.234. The van der Waals surface area contributed by atoms with Crippen molar-refractivity contribution < 1.29 is 23.8 Å². The molecule has 0 aliphatic carbocycles. The minimum Gasteiger partial charge on any atom is -0.491 e. The van der Waals surface area contributed by atoms with Crippen molar-refractivity contribution in [2.24, 2.45) is 5.92 Å². The Balaban J connectivity index is 1.56. The number of aromatic nitrogens is 2. The summed E-state index contributed by atoms with van der Waals surface area (Å²) in [5.41, 5.74) is 1.64. The molecule has 1 N–H and O–H groups in total. The molecule has 0 aromatic carbocycles. The molecule has 0 radical (unpaired) electrons. The number of nitrogens with zero attached hydrogens (tertiary/aromatic N) is 2. The lowest BCUT2D eigenvalue weighted by atomic mass is 9.94. The van der Waals surface area contributed by atoms with E-state index in [1.165, 1.54) is 11.3 Å². The molecule has 1 saturated heterocycles. The van der Waals surface area contributed by atoms with Gasteiger partial charge in [0.2, 0.25) is 0 Å². The minimum absolute atomic E-state index is 0.0376. The lowest BCUT2D eigenvalue weighted by molar-refractivity contribution is 0.0547. The lowest BCUT2D eigenvalue weighted by Crippen LogP contribution is -2.23. The van der Waals surface area contributed by atoms with Gasteiger partial charge in [0, 0.05) is 43.9 Å². The van der Waals surface area contributed by atoms with Crippen molar-refractivity contribution in [2.45, 2.75) is 32.8 Å². The van der Waals surface area contributed by atoms with Crippen LogP contribution in [0.25, 0.3) is 5.76 Å². The minimum atomic E-state index is -0.313. The van der Waals surface area contributed by atoms with Crippen molar-refractivity contribution in [2.75, 3.05) is 31.7 Å². The van der Waals surface area contributed by atoms with Crippen LogP contribution < -0.4 is 5.32 Å². The van der Waals surface area contributed by atoms with E-state index in [4.69, 9.17) is 14.2 Å². The summed E-state index contributed by atoms with van der Waals surface area (Å²) in [6.45, 7) is 4.55. The van der Waals surface area contributed by atoms with Gasteiger partial charge in [0.15, 0.2) is 10.9 Å². The van der Waals surface area contributed by atoms with Gasteiger partial charge in [0.05, 0.1) is 18.9 Å². The zero-order valence-electron chi connectivity index (χ0n) is 17.4. The van der Waals surface area contributed by atoms with Gasteiger partial charge in [-0.15, -0.1) is 0 Å². The highest BCUT2D eigenvalue weighted by Gasteiger charge is 2.30. The number of nitrogens with one attached hydrogen (secondary N) is 1. The number of ketones is 1. The number of ether oxygens (including phenoxy) is 3. The first-order valence-electron chi connectivity index (χ1n) is 10.5. The van der Waals surface area contributed by atoms with Gasteiger partial charge < -0.3 is 14.2 Å². The summed E-state index contributed by atoms with van der Waals surface area (Å²) >= 11 is 1.19. The van der Waals surface area contributed by atoms with Gasteiger partial charge >= 0.3 is 0 Å². The van der Waals surface area contributed by atoms with Crippen LogP contribution in [0.1, 0.15) is 57.6 Å².